The molecular formula is C7H10NP. The van der Waals surface area contributed by atoms with Crippen LogP contribution in [0.4, 0.5) is 0 Å². The molecule has 48 valence electrons. The fourth-order valence-electron chi connectivity index (χ4n) is 0.694. The lowest BCUT2D eigenvalue weighted by atomic mass is 10.3. The summed E-state index contributed by atoms with van der Waals surface area (Å²) in [6.07, 6.45) is 3.98. The van der Waals surface area contributed by atoms with Crippen molar-refractivity contribution in [3.05, 3.63) is 30.1 Å². The van der Waals surface area contributed by atoms with Crippen molar-refractivity contribution in [2.24, 2.45) is 0 Å². The van der Waals surface area contributed by atoms with Gasteiger partial charge in [0.1, 0.15) is 0 Å². The number of hydrogen-bond donors (Lipinski definition) is 0. The van der Waals surface area contributed by atoms with Crippen LogP contribution in [0.25, 0.3) is 0 Å². The lowest BCUT2D eigenvalue weighted by Gasteiger charge is -1.92. The van der Waals surface area contributed by atoms with Crippen molar-refractivity contribution in [3.8, 4) is 0 Å². The van der Waals surface area contributed by atoms with E-state index in [1.807, 2.05) is 24.4 Å². The van der Waals surface area contributed by atoms with Gasteiger partial charge in [-0.3, -0.25) is 4.98 Å². The van der Waals surface area contributed by atoms with E-state index in [2.05, 4.69) is 14.2 Å². The highest BCUT2D eigenvalue weighted by Gasteiger charge is 1.86. The summed E-state index contributed by atoms with van der Waals surface area (Å²) in [6, 6.07) is 6.00. The predicted molar refractivity (Wildman–Crippen MR) is 42.5 cm³/mol. The van der Waals surface area contributed by atoms with E-state index in [4.69, 9.17) is 0 Å². The monoisotopic (exact) mass is 139 g/mol. The first-order valence-electron chi connectivity index (χ1n) is 3.03. The normalized spacial score (nSPS) is 9.44. The molecule has 0 aliphatic rings. The zero-order valence-corrected chi connectivity index (χ0v) is 6.40. The minimum Gasteiger partial charge on any atom is -0.261 e. The minimum atomic E-state index is 1.06. The lowest BCUT2D eigenvalue weighted by molar-refractivity contribution is 1.05. The van der Waals surface area contributed by atoms with E-state index < -0.39 is 0 Å². The molecule has 2 heteroatoms. The molecule has 1 nitrogen and oxygen atoms in total. The van der Waals surface area contributed by atoms with E-state index in [1.165, 1.54) is 5.69 Å². The topological polar surface area (TPSA) is 12.9 Å². The van der Waals surface area contributed by atoms with Crippen LogP contribution in [0, 0.1) is 0 Å². The van der Waals surface area contributed by atoms with Crippen molar-refractivity contribution in [1.82, 2.24) is 4.98 Å². The molecule has 0 radical (unpaired) electrons. The first-order chi connectivity index (χ1) is 4.43. The summed E-state index contributed by atoms with van der Waals surface area (Å²) < 4.78 is 0. The zero-order valence-electron chi connectivity index (χ0n) is 5.25. The molecule has 1 aromatic heterocycles. The van der Waals surface area contributed by atoms with Crippen molar-refractivity contribution in [2.45, 2.75) is 6.42 Å². The summed E-state index contributed by atoms with van der Waals surface area (Å²) in [6.45, 7) is 0. The minimum absolute atomic E-state index is 1.06. The van der Waals surface area contributed by atoms with Crippen molar-refractivity contribution in [1.29, 1.82) is 0 Å². The van der Waals surface area contributed by atoms with Gasteiger partial charge in [-0.25, -0.2) is 0 Å². The van der Waals surface area contributed by atoms with Crippen LogP contribution in [0.1, 0.15) is 5.69 Å². The lowest BCUT2D eigenvalue weighted by Crippen LogP contribution is -1.87. The first kappa shape index (κ1) is 6.70. The molecule has 0 saturated carbocycles. The van der Waals surface area contributed by atoms with E-state index in [-0.39, 0.29) is 0 Å². The van der Waals surface area contributed by atoms with Crippen LogP contribution in [0.2, 0.25) is 0 Å². The van der Waals surface area contributed by atoms with Crippen LogP contribution in [-0.4, -0.2) is 11.1 Å². The molecule has 1 rings (SSSR count). The smallest absolute Gasteiger partial charge is 0.0406 e. The fraction of sp³-hybridized carbons (Fsp3) is 0.286. The summed E-state index contributed by atoms with van der Waals surface area (Å²) >= 11 is 0. The molecule has 0 amide bonds. The number of nitrogens with zero attached hydrogens (tertiary/aromatic N) is 1. The zero-order chi connectivity index (χ0) is 6.53. The van der Waals surface area contributed by atoms with Gasteiger partial charge < -0.3 is 0 Å². The number of aromatic nitrogens is 1. The van der Waals surface area contributed by atoms with Crippen LogP contribution >= 0.6 is 9.24 Å². The molecule has 9 heavy (non-hydrogen) atoms. The van der Waals surface area contributed by atoms with E-state index in [0.29, 0.717) is 0 Å². The maximum Gasteiger partial charge on any atom is 0.0406 e. The third-order valence-corrected chi connectivity index (χ3v) is 1.42. The summed E-state index contributed by atoms with van der Waals surface area (Å²) in [5.41, 5.74) is 1.17. The fourth-order valence-corrected chi connectivity index (χ4v) is 0.990. The maximum atomic E-state index is 4.16. The van der Waals surface area contributed by atoms with Gasteiger partial charge in [0.2, 0.25) is 0 Å². The molecular weight excluding hydrogens is 129 g/mol. The Labute approximate surface area is 57.7 Å². The standard InChI is InChI=1S/C7H10NP/c9-6-4-7-3-1-2-5-8-7/h1-3,5H,4,6,9H2. The number of hydrogen-bond acceptors (Lipinski definition) is 1. The van der Waals surface area contributed by atoms with Crippen LogP contribution in [-0.2, 0) is 6.42 Å². The summed E-state index contributed by atoms with van der Waals surface area (Å²) in [4.78, 5) is 4.16. The van der Waals surface area contributed by atoms with E-state index in [1.54, 1.807) is 0 Å². The number of pyridine rings is 1. The van der Waals surface area contributed by atoms with Gasteiger partial charge in [0, 0.05) is 11.9 Å². The average molecular weight is 139 g/mol. The number of aryl methyl sites for hydroxylation is 1. The quantitative estimate of drug-likeness (QED) is 0.566. The summed E-state index contributed by atoms with van der Waals surface area (Å²) in [5, 5.41) is 0. The van der Waals surface area contributed by atoms with Crippen LogP contribution < -0.4 is 0 Å². The van der Waals surface area contributed by atoms with Crippen LogP contribution in [0.5, 0.6) is 0 Å². The molecule has 0 N–H and O–H groups in total. The Hall–Kier alpha value is -0.420. The average Bonchev–Trinajstić information content (AvgIpc) is 1.91. The van der Waals surface area contributed by atoms with Crippen molar-refractivity contribution >= 4 is 9.24 Å². The van der Waals surface area contributed by atoms with Crippen molar-refractivity contribution < 1.29 is 0 Å². The molecule has 1 unspecified atom stereocenters. The predicted octanol–water partition coefficient (Wildman–Crippen LogP) is 1.50. The maximum absolute atomic E-state index is 4.16. The Morgan fingerprint density at radius 3 is 2.89 bits per heavy atom. The molecule has 1 heterocycles. The molecule has 0 spiro atoms. The van der Waals surface area contributed by atoms with Gasteiger partial charge in [0.05, 0.1) is 0 Å². The first-order valence-corrected chi connectivity index (χ1v) is 3.85. The second kappa shape index (κ2) is 3.58. The highest BCUT2D eigenvalue weighted by atomic mass is 31.0. The van der Waals surface area contributed by atoms with E-state index in [9.17, 15) is 0 Å². The van der Waals surface area contributed by atoms with Gasteiger partial charge in [0.15, 0.2) is 0 Å². The van der Waals surface area contributed by atoms with Crippen LogP contribution in [0.3, 0.4) is 0 Å². The van der Waals surface area contributed by atoms with E-state index >= 15 is 0 Å². The molecule has 0 saturated heterocycles. The Morgan fingerprint density at radius 1 is 1.44 bits per heavy atom. The SMILES string of the molecule is PCCc1ccccn1. The molecule has 0 fully saturated rings. The third-order valence-electron chi connectivity index (χ3n) is 1.13. The molecule has 0 aromatic carbocycles. The molecule has 0 aliphatic carbocycles. The van der Waals surface area contributed by atoms with Gasteiger partial charge >= 0.3 is 0 Å². The van der Waals surface area contributed by atoms with Gasteiger partial charge in [0.25, 0.3) is 0 Å². The Kier molecular flexibility index (Phi) is 2.66. The number of rotatable bonds is 2. The summed E-state index contributed by atoms with van der Waals surface area (Å²) in [7, 11) is 2.69. The Morgan fingerprint density at radius 2 is 2.33 bits per heavy atom. The molecule has 1 aromatic rings. The van der Waals surface area contributed by atoms with Crippen molar-refractivity contribution in [2.75, 3.05) is 6.16 Å². The van der Waals surface area contributed by atoms with E-state index in [0.717, 1.165) is 12.6 Å². The Balaban J connectivity index is 2.61. The largest absolute Gasteiger partial charge is 0.261 e. The van der Waals surface area contributed by atoms with Gasteiger partial charge in [-0.1, -0.05) is 6.07 Å². The second-order valence-electron chi connectivity index (χ2n) is 1.86. The third kappa shape index (κ3) is 2.11. The second-order valence-corrected chi connectivity index (χ2v) is 2.44. The van der Waals surface area contributed by atoms with Crippen molar-refractivity contribution in [3.63, 3.8) is 0 Å². The highest BCUT2D eigenvalue weighted by Crippen LogP contribution is 1.96. The Bertz CT molecular complexity index is 162. The van der Waals surface area contributed by atoms with Gasteiger partial charge in [-0.15, -0.1) is 9.24 Å². The molecule has 0 bridgehead atoms. The van der Waals surface area contributed by atoms with Gasteiger partial charge in [-0.2, -0.15) is 0 Å². The summed E-state index contributed by atoms with van der Waals surface area (Å²) in [5.74, 6) is 0. The van der Waals surface area contributed by atoms with Crippen LogP contribution in [0.15, 0.2) is 24.4 Å². The van der Waals surface area contributed by atoms with Gasteiger partial charge in [-0.05, 0) is 24.7 Å². The highest BCUT2D eigenvalue weighted by molar-refractivity contribution is 7.16. The molecule has 1 atom stereocenters. The molecule has 0 aliphatic heterocycles.